The summed E-state index contributed by atoms with van der Waals surface area (Å²) in [5.41, 5.74) is 3.91. The van der Waals surface area contributed by atoms with Crippen molar-refractivity contribution in [2.24, 2.45) is 10.1 Å². The van der Waals surface area contributed by atoms with Crippen molar-refractivity contribution in [3.05, 3.63) is 34.9 Å². The lowest BCUT2D eigenvalue weighted by Crippen LogP contribution is -2.17. The fourth-order valence-electron chi connectivity index (χ4n) is 1.72. The van der Waals surface area contributed by atoms with Crippen molar-refractivity contribution in [3.63, 3.8) is 0 Å². The van der Waals surface area contributed by atoms with Gasteiger partial charge in [-0.3, -0.25) is 10.4 Å². The Bertz CT molecular complexity index is 430. The smallest absolute Gasteiger partial charge is 0.117 e. The quantitative estimate of drug-likeness (QED) is 0.653. The number of nitrogens with one attached hydrogen (secondary N) is 1. The molecule has 0 bridgehead atoms. The van der Waals surface area contributed by atoms with Crippen molar-refractivity contribution >= 4 is 36.1 Å². The number of nitrogens with zero attached hydrogens (tertiary/aromatic N) is 2. The molecule has 0 amide bonds. The van der Waals surface area contributed by atoms with Crippen LogP contribution in [0.2, 0.25) is 5.02 Å². The highest BCUT2D eigenvalue weighted by Crippen LogP contribution is 2.12. The number of halogens is 2. The van der Waals surface area contributed by atoms with Gasteiger partial charge in [0.15, 0.2) is 0 Å². The number of aliphatic imine (C=N–C) groups is 1. The topological polar surface area (TPSA) is 36.8 Å². The minimum absolute atomic E-state index is 0. The third-order valence-electron chi connectivity index (χ3n) is 2.68. The lowest BCUT2D eigenvalue weighted by Gasteiger charge is -2.02. The summed E-state index contributed by atoms with van der Waals surface area (Å²) in [5.74, 6) is 0.978. The van der Waals surface area contributed by atoms with Gasteiger partial charge in [-0.15, -0.1) is 12.4 Å². The number of hydrogen-bond donors (Lipinski definition) is 1. The second-order valence-electron chi connectivity index (χ2n) is 4.03. The Kier molecular flexibility index (Phi) is 6.76. The molecule has 1 N–H and O–H groups in total. The lowest BCUT2D eigenvalue weighted by molar-refractivity contribution is 0.729. The highest BCUT2D eigenvalue weighted by molar-refractivity contribution is 6.33. The summed E-state index contributed by atoms with van der Waals surface area (Å²) in [6.07, 6.45) is 6.34. The number of rotatable bonds is 2. The molecule has 0 unspecified atom stereocenters. The van der Waals surface area contributed by atoms with Crippen molar-refractivity contribution in [1.29, 1.82) is 0 Å². The molecule has 0 aliphatic carbocycles. The molecule has 0 atom stereocenters. The molecule has 5 heteroatoms. The minimum atomic E-state index is 0. The molecule has 98 valence electrons. The Balaban J connectivity index is 0.00000162. The Hall–Kier alpha value is -1.06. The van der Waals surface area contributed by atoms with Crippen molar-refractivity contribution < 1.29 is 0 Å². The predicted molar refractivity (Wildman–Crippen MR) is 80.2 cm³/mol. The number of hydrazone groups is 1. The van der Waals surface area contributed by atoms with E-state index in [-0.39, 0.29) is 12.4 Å². The van der Waals surface area contributed by atoms with Gasteiger partial charge in [0.05, 0.1) is 6.21 Å². The van der Waals surface area contributed by atoms with E-state index in [9.17, 15) is 0 Å². The molecule has 0 aromatic heterocycles. The summed E-state index contributed by atoms with van der Waals surface area (Å²) in [7, 11) is 0. The van der Waals surface area contributed by atoms with Crippen LogP contribution in [0.1, 0.15) is 31.2 Å². The maximum absolute atomic E-state index is 6.02. The molecule has 0 saturated carbocycles. The summed E-state index contributed by atoms with van der Waals surface area (Å²) in [6.45, 7) is 0.907. The van der Waals surface area contributed by atoms with Crippen LogP contribution in [0.4, 0.5) is 0 Å². The SMILES string of the molecule is Cl.Clc1ccccc1/C=N/NC1=NCCCCC1. The molecule has 0 radical (unpaired) electrons. The standard InChI is InChI=1S/C13H16ClN3.ClH/c14-12-7-4-3-6-11(12)10-16-17-13-8-2-1-5-9-15-13;/h3-4,6-7,10H,1-2,5,8-9H2,(H,15,17);1H/b16-10+;. The normalized spacial score (nSPS) is 15.7. The highest BCUT2D eigenvalue weighted by atomic mass is 35.5. The molecule has 1 aliphatic heterocycles. The predicted octanol–water partition coefficient (Wildman–Crippen LogP) is 3.66. The van der Waals surface area contributed by atoms with Gasteiger partial charge in [-0.1, -0.05) is 36.2 Å². The van der Waals surface area contributed by atoms with E-state index in [1.165, 1.54) is 19.3 Å². The van der Waals surface area contributed by atoms with Crippen molar-refractivity contribution in [1.82, 2.24) is 5.43 Å². The minimum Gasteiger partial charge on any atom is -0.271 e. The van der Waals surface area contributed by atoms with E-state index in [2.05, 4.69) is 15.5 Å². The van der Waals surface area contributed by atoms with Gasteiger partial charge in [-0.2, -0.15) is 5.10 Å². The Morgan fingerprint density at radius 2 is 2.06 bits per heavy atom. The summed E-state index contributed by atoms with van der Waals surface area (Å²) < 4.78 is 0. The van der Waals surface area contributed by atoms with Crippen LogP contribution in [0.15, 0.2) is 34.4 Å². The first-order chi connectivity index (χ1) is 8.36. The van der Waals surface area contributed by atoms with Crippen LogP contribution < -0.4 is 5.43 Å². The fourth-order valence-corrected chi connectivity index (χ4v) is 1.91. The second-order valence-corrected chi connectivity index (χ2v) is 4.44. The monoisotopic (exact) mass is 285 g/mol. The Morgan fingerprint density at radius 3 is 2.89 bits per heavy atom. The van der Waals surface area contributed by atoms with E-state index in [0.717, 1.165) is 24.4 Å². The first-order valence-corrected chi connectivity index (χ1v) is 6.31. The van der Waals surface area contributed by atoms with Crippen LogP contribution in [0.5, 0.6) is 0 Å². The van der Waals surface area contributed by atoms with E-state index in [1.807, 2.05) is 24.3 Å². The van der Waals surface area contributed by atoms with E-state index < -0.39 is 0 Å². The lowest BCUT2D eigenvalue weighted by atomic mass is 10.2. The van der Waals surface area contributed by atoms with Crippen LogP contribution >= 0.6 is 24.0 Å². The van der Waals surface area contributed by atoms with Crippen molar-refractivity contribution in [3.8, 4) is 0 Å². The van der Waals surface area contributed by atoms with Gasteiger partial charge < -0.3 is 0 Å². The van der Waals surface area contributed by atoms with E-state index in [0.29, 0.717) is 5.02 Å². The van der Waals surface area contributed by atoms with Gasteiger partial charge in [0.2, 0.25) is 0 Å². The largest absolute Gasteiger partial charge is 0.271 e. The van der Waals surface area contributed by atoms with Gasteiger partial charge in [0.1, 0.15) is 5.84 Å². The third kappa shape index (κ3) is 4.67. The molecule has 1 aromatic rings. The van der Waals surface area contributed by atoms with Gasteiger partial charge in [-0.05, 0) is 18.9 Å². The van der Waals surface area contributed by atoms with Crippen molar-refractivity contribution in [2.75, 3.05) is 6.54 Å². The molecule has 0 spiro atoms. The number of amidine groups is 1. The van der Waals surface area contributed by atoms with Crippen LogP contribution in [0.3, 0.4) is 0 Å². The summed E-state index contributed by atoms with van der Waals surface area (Å²) in [5, 5.41) is 4.89. The van der Waals surface area contributed by atoms with Crippen LogP contribution in [-0.2, 0) is 0 Å². The first kappa shape index (κ1) is 15.0. The molecule has 0 saturated heterocycles. The number of benzene rings is 1. The van der Waals surface area contributed by atoms with Crippen LogP contribution in [0, 0.1) is 0 Å². The summed E-state index contributed by atoms with van der Waals surface area (Å²) in [4.78, 5) is 4.44. The van der Waals surface area contributed by atoms with E-state index in [1.54, 1.807) is 6.21 Å². The van der Waals surface area contributed by atoms with Crippen molar-refractivity contribution in [2.45, 2.75) is 25.7 Å². The third-order valence-corrected chi connectivity index (χ3v) is 3.02. The van der Waals surface area contributed by atoms with Gasteiger partial charge >= 0.3 is 0 Å². The zero-order valence-electron chi connectivity index (χ0n) is 10.1. The fraction of sp³-hybridized carbons (Fsp3) is 0.385. The molecule has 18 heavy (non-hydrogen) atoms. The average Bonchev–Trinajstić information content (AvgIpc) is 2.60. The molecule has 1 heterocycles. The molecule has 3 nitrogen and oxygen atoms in total. The molecule has 1 aliphatic rings. The molecule has 1 aromatic carbocycles. The summed E-state index contributed by atoms with van der Waals surface area (Å²) in [6, 6.07) is 7.63. The average molecular weight is 286 g/mol. The first-order valence-electron chi connectivity index (χ1n) is 5.93. The molecular weight excluding hydrogens is 269 g/mol. The van der Waals surface area contributed by atoms with Gasteiger partial charge in [-0.25, -0.2) is 0 Å². The highest BCUT2D eigenvalue weighted by Gasteiger charge is 2.02. The van der Waals surface area contributed by atoms with E-state index in [4.69, 9.17) is 11.6 Å². The Morgan fingerprint density at radius 1 is 1.22 bits per heavy atom. The summed E-state index contributed by atoms with van der Waals surface area (Å²) >= 11 is 6.02. The zero-order chi connectivity index (χ0) is 11.9. The maximum atomic E-state index is 6.02. The molecule has 2 rings (SSSR count). The molecule has 0 fully saturated rings. The van der Waals surface area contributed by atoms with E-state index >= 15 is 0 Å². The van der Waals surface area contributed by atoms with Gasteiger partial charge in [0.25, 0.3) is 0 Å². The maximum Gasteiger partial charge on any atom is 0.117 e. The van der Waals surface area contributed by atoms with Crippen LogP contribution in [-0.4, -0.2) is 18.6 Å². The number of hydrogen-bond acceptors (Lipinski definition) is 3. The Labute approximate surface area is 119 Å². The van der Waals surface area contributed by atoms with Crippen LogP contribution in [0.25, 0.3) is 0 Å². The van der Waals surface area contributed by atoms with Gasteiger partial charge in [0, 0.05) is 23.6 Å². The molecular formula is C13H17Cl2N3. The zero-order valence-corrected chi connectivity index (χ0v) is 11.7. The second kappa shape index (κ2) is 8.11.